The summed E-state index contributed by atoms with van der Waals surface area (Å²) in [7, 11) is 0. The number of rotatable bonds is 6. The highest BCUT2D eigenvalue weighted by molar-refractivity contribution is 6.30. The fourth-order valence-corrected chi connectivity index (χ4v) is 4.00. The van der Waals surface area contributed by atoms with Crippen molar-refractivity contribution in [3.8, 4) is 11.3 Å². The molecule has 1 fully saturated rings. The van der Waals surface area contributed by atoms with Gasteiger partial charge in [-0.3, -0.25) is 14.5 Å². The van der Waals surface area contributed by atoms with Gasteiger partial charge in [-0.25, -0.2) is 4.79 Å². The van der Waals surface area contributed by atoms with Crippen LogP contribution in [0.3, 0.4) is 0 Å². The molecular formula is C26H26ClN3O5. The van der Waals surface area contributed by atoms with E-state index in [1.807, 2.05) is 19.1 Å². The highest BCUT2D eigenvalue weighted by Crippen LogP contribution is 2.23. The van der Waals surface area contributed by atoms with Gasteiger partial charge in [-0.05, 0) is 55.0 Å². The minimum absolute atomic E-state index is 0.0322. The van der Waals surface area contributed by atoms with Crippen LogP contribution in [0.4, 0.5) is 10.5 Å². The number of hydrogen-bond donors (Lipinski definition) is 1. The van der Waals surface area contributed by atoms with Crippen molar-refractivity contribution < 1.29 is 23.5 Å². The number of ether oxygens (including phenoxy) is 1. The van der Waals surface area contributed by atoms with Gasteiger partial charge in [0.05, 0.1) is 19.4 Å². The number of nitrogens with one attached hydrogen (secondary N) is 1. The number of amides is 3. The zero-order valence-corrected chi connectivity index (χ0v) is 20.0. The van der Waals surface area contributed by atoms with Crippen LogP contribution in [-0.2, 0) is 9.53 Å². The Kier molecular flexibility index (Phi) is 7.72. The fraction of sp³-hybridized carbons (Fsp3) is 0.269. The number of nitrogens with zero attached hydrogens (tertiary/aromatic N) is 2. The molecule has 0 bridgehead atoms. The van der Waals surface area contributed by atoms with Gasteiger partial charge in [0.25, 0.3) is 5.91 Å². The molecule has 1 aliphatic heterocycles. The molecule has 182 valence electrons. The first kappa shape index (κ1) is 24.3. The largest absolute Gasteiger partial charge is 0.464 e. The van der Waals surface area contributed by atoms with Crippen LogP contribution in [0.1, 0.15) is 23.7 Å². The van der Waals surface area contributed by atoms with Crippen LogP contribution in [0.15, 0.2) is 71.3 Å². The summed E-state index contributed by atoms with van der Waals surface area (Å²) in [5.41, 5.74) is 1.79. The van der Waals surface area contributed by atoms with Crippen molar-refractivity contribution in [3.05, 3.63) is 77.5 Å². The predicted molar refractivity (Wildman–Crippen MR) is 132 cm³/mol. The molecule has 1 aromatic heterocycles. The molecule has 3 amide bonds. The van der Waals surface area contributed by atoms with Crippen LogP contribution in [-0.4, -0.2) is 60.0 Å². The van der Waals surface area contributed by atoms with Crippen molar-refractivity contribution >= 4 is 35.2 Å². The second-order valence-corrected chi connectivity index (χ2v) is 8.57. The first-order chi connectivity index (χ1) is 17.0. The lowest BCUT2D eigenvalue weighted by Gasteiger charge is -2.39. The summed E-state index contributed by atoms with van der Waals surface area (Å²) in [4.78, 5) is 42.2. The van der Waals surface area contributed by atoms with E-state index in [1.54, 1.807) is 59.7 Å². The number of furan rings is 1. The monoisotopic (exact) mass is 495 g/mol. The van der Waals surface area contributed by atoms with Crippen LogP contribution in [0.2, 0.25) is 5.02 Å². The van der Waals surface area contributed by atoms with E-state index in [0.717, 1.165) is 5.56 Å². The third kappa shape index (κ3) is 5.84. The molecule has 3 aromatic rings. The highest BCUT2D eigenvalue weighted by atomic mass is 35.5. The van der Waals surface area contributed by atoms with Gasteiger partial charge in [0.2, 0.25) is 5.91 Å². The van der Waals surface area contributed by atoms with E-state index < -0.39 is 18.0 Å². The lowest BCUT2D eigenvalue weighted by molar-refractivity contribution is -0.122. The summed E-state index contributed by atoms with van der Waals surface area (Å²) in [6, 6.07) is 16.5. The van der Waals surface area contributed by atoms with Gasteiger partial charge in [-0.1, -0.05) is 30.7 Å². The van der Waals surface area contributed by atoms with Crippen molar-refractivity contribution in [2.45, 2.75) is 19.4 Å². The SMILES string of the molecule is CCCOC(=O)N1CCN(C(=O)c2cccc(-c3ccco3)c2)CC1C(=O)Nc1ccc(Cl)cc1. The molecule has 0 saturated carbocycles. The van der Waals surface area contributed by atoms with Gasteiger partial charge in [0.1, 0.15) is 11.8 Å². The number of carbonyl (C=O) groups is 3. The molecule has 1 N–H and O–H groups in total. The summed E-state index contributed by atoms with van der Waals surface area (Å²) >= 11 is 5.93. The number of piperazine rings is 1. The maximum absolute atomic E-state index is 13.3. The maximum Gasteiger partial charge on any atom is 0.410 e. The Bertz CT molecular complexity index is 1180. The summed E-state index contributed by atoms with van der Waals surface area (Å²) in [6.45, 7) is 2.62. The van der Waals surface area contributed by atoms with Crippen LogP contribution < -0.4 is 5.32 Å². The first-order valence-electron chi connectivity index (χ1n) is 11.4. The van der Waals surface area contributed by atoms with E-state index in [4.69, 9.17) is 20.8 Å². The molecule has 0 radical (unpaired) electrons. The first-order valence-corrected chi connectivity index (χ1v) is 11.8. The topological polar surface area (TPSA) is 92.1 Å². The molecule has 2 heterocycles. The normalized spacial score (nSPS) is 15.5. The lowest BCUT2D eigenvalue weighted by Crippen LogP contribution is -2.60. The Morgan fingerprint density at radius 3 is 2.60 bits per heavy atom. The van der Waals surface area contributed by atoms with Gasteiger partial charge in [0, 0.05) is 34.9 Å². The Morgan fingerprint density at radius 2 is 1.89 bits per heavy atom. The summed E-state index contributed by atoms with van der Waals surface area (Å²) in [5.74, 6) is 0.00948. The lowest BCUT2D eigenvalue weighted by atomic mass is 10.1. The molecule has 0 spiro atoms. The van der Waals surface area contributed by atoms with Crippen LogP contribution >= 0.6 is 11.6 Å². The van der Waals surface area contributed by atoms with Crippen molar-refractivity contribution in [2.75, 3.05) is 31.6 Å². The van der Waals surface area contributed by atoms with E-state index in [-0.39, 0.29) is 32.1 Å². The predicted octanol–water partition coefficient (Wildman–Crippen LogP) is 4.91. The third-order valence-electron chi connectivity index (χ3n) is 5.66. The summed E-state index contributed by atoms with van der Waals surface area (Å²) < 4.78 is 10.7. The smallest absolute Gasteiger partial charge is 0.410 e. The maximum atomic E-state index is 13.3. The van der Waals surface area contributed by atoms with Crippen LogP contribution in [0.25, 0.3) is 11.3 Å². The van der Waals surface area contributed by atoms with Crippen molar-refractivity contribution in [3.63, 3.8) is 0 Å². The molecule has 8 nitrogen and oxygen atoms in total. The van der Waals surface area contributed by atoms with Gasteiger partial charge >= 0.3 is 6.09 Å². The van der Waals surface area contributed by atoms with Gasteiger partial charge in [-0.2, -0.15) is 0 Å². The average Bonchev–Trinajstić information content (AvgIpc) is 3.43. The van der Waals surface area contributed by atoms with E-state index in [2.05, 4.69) is 5.32 Å². The molecule has 0 aliphatic carbocycles. The van der Waals surface area contributed by atoms with Gasteiger partial charge in [0.15, 0.2) is 0 Å². The van der Waals surface area contributed by atoms with E-state index >= 15 is 0 Å². The molecule has 2 aromatic carbocycles. The Morgan fingerprint density at radius 1 is 1.09 bits per heavy atom. The molecule has 1 unspecified atom stereocenters. The Labute approximate surface area is 208 Å². The second-order valence-electron chi connectivity index (χ2n) is 8.13. The van der Waals surface area contributed by atoms with E-state index in [1.165, 1.54) is 4.90 Å². The number of anilines is 1. The molecule has 35 heavy (non-hydrogen) atoms. The van der Waals surface area contributed by atoms with E-state index in [0.29, 0.717) is 28.5 Å². The fourth-order valence-electron chi connectivity index (χ4n) is 3.87. The molecule has 1 saturated heterocycles. The van der Waals surface area contributed by atoms with E-state index in [9.17, 15) is 14.4 Å². The van der Waals surface area contributed by atoms with Gasteiger partial charge < -0.3 is 19.4 Å². The standard InChI is InChI=1S/C26H26ClN3O5/c1-2-14-35-26(33)30-13-12-29(17-22(30)24(31)28-21-10-8-20(27)9-11-21)25(32)19-6-3-5-18(16-19)23-7-4-15-34-23/h3-11,15-16,22H,2,12-14,17H2,1H3,(H,28,31). The number of hydrogen-bond acceptors (Lipinski definition) is 5. The van der Waals surface area contributed by atoms with Gasteiger partial charge in [-0.15, -0.1) is 0 Å². The number of halogens is 1. The second kappa shape index (κ2) is 11.1. The number of carbonyl (C=O) groups excluding carboxylic acids is 3. The molecule has 9 heteroatoms. The summed E-state index contributed by atoms with van der Waals surface area (Å²) in [5, 5.41) is 3.35. The number of benzene rings is 2. The molecule has 1 aliphatic rings. The third-order valence-corrected chi connectivity index (χ3v) is 5.91. The minimum Gasteiger partial charge on any atom is -0.464 e. The minimum atomic E-state index is -0.916. The quantitative estimate of drug-likeness (QED) is 0.524. The van der Waals surface area contributed by atoms with Crippen LogP contribution in [0, 0.1) is 0 Å². The Hall–Kier alpha value is -3.78. The summed E-state index contributed by atoms with van der Waals surface area (Å²) in [6.07, 6.45) is 1.66. The average molecular weight is 496 g/mol. The van der Waals surface area contributed by atoms with Crippen LogP contribution in [0.5, 0.6) is 0 Å². The van der Waals surface area contributed by atoms with Crippen molar-refractivity contribution in [1.82, 2.24) is 9.80 Å². The Balaban J connectivity index is 1.53. The van der Waals surface area contributed by atoms with Crippen molar-refractivity contribution in [1.29, 1.82) is 0 Å². The molecule has 4 rings (SSSR count). The zero-order chi connectivity index (χ0) is 24.8. The highest BCUT2D eigenvalue weighted by Gasteiger charge is 2.38. The van der Waals surface area contributed by atoms with Crippen molar-refractivity contribution in [2.24, 2.45) is 0 Å². The zero-order valence-electron chi connectivity index (χ0n) is 19.3. The molecule has 1 atom stereocenters. The molecular weight excluding hydrogens is 470 g/mol.